The monoisotopic (exact) mass is 428 g/mol. The quantitative estimate of drug-likeness (QED) is 0.645. The first kappa shape index (κ1) is 23.1. The molecular formula is C24H33FN4O2. The van der Waals surface area contributed by atoms with Crippen LogP contribution in [0.15, 0.2) is 40.3 Å². The number of benzene rings is 1. The smallest absolute Gasteiger partial charge is 0.250 e. The maximum absolute atomic E-state index is 14.0. The number of nitrogens with zero attached hydrogens (tertiary/aromatic N) is 3. The van der Waals surface area contributed by atoms with E-state index in [0.717, 1.165) is 6.42 Å². The van der Waals surface area contributed by atoms with Crippen molar-refractivity contribution < 1.29 is 13.6 Å². The second kappa shape index (κ2) is 10.2. The summed E-state index contributed by atoms with van der Waals surface area (Å²) in [4.78, 5) is 13.9. The fourth-order valence-corrected chi connectivity index (χ4v) is 4.37. The molecule has 6 nitrogen and oxygen atoms in total. The molecule has 1 amide bonds. The summed E-state index contributed by atoms with van der Waals surface area (Å²) in [6.07, 6.45) is 3.92. The molecule has 1 aromatic carbocycles. The predicted molar refractivity (Wildman–Crippen MR) is 119 cm³/mol. The summed E-state index contributed by atoms with van der Waals surface area (Å²) in [5, 5.41) is 11.3. The highest BCUT2D eigenvalue weighted by Crippen LogP contribution is 2.38. The fourth-order valence-electron chi connectivity index (χ4n) is 4.37. The maximum atomic E-state index is 14.0. The third-order valence-electron chi connectivity index (χ3n) is 6.07. The Balaban J connectivity index is 1.69. The molecule has 2 aromatic rings. The third kappa shape index (κ3) is 6.00. The van der Waals surface area contributed by atoms with Crippen molar-refractivity contribution >= 4 is 5.91 Å². The van der Waals surface area contributed by atoms with Crippen molar-refractivity contribution in [3.05, 3.63) is 47.6 Å². The van der Waals surface area contributed by atoms with Gasteiger partial charge >= 0.3 is 0 Å². The molecule has 31 heavy (non-hydrogen) atoms. The van der Waals surface area contributed by atoms with Gasteiger partial charge < -0.3 is 14.6 Å². The summed E-state index contributed by atoms with van der Waals surface area (Å²) < 4.78 is 19.8. The molecule has 7 heteroatoms. The number of aromatic nitrogens is 2. The molecule has 0 saturated carbocycles. The zero-order valence-corrected chi connectivity index (χ0v) is 19.1. The first-order valence-corrected chi connectivity index (χ1v) is 10.9. The van der Waals surface area contributed by atoms with Crippen molar-refractivity contribution in [1.29, 1.82) is 0 Å². The Bertz CT molecular complexity index is 922. The van der Waals surface area contributed by atoms with Gasteiger partial charge in [0.15, 0.2) is 0 Å². The molecule has 0 spiro atoms. The number of hydrogen-bond acceptors (Lipinski definition) is 5. The number of carbonyl (C=O) groups is 1. The van der Waals surface area contributed by atoms with E-state index in [9.17, 15) is 9.18 Å². The lowest BCUT2D eigenvalue weighted by Crippen LogP contribution is -2.40. The number of allylic oxidation sites excluding steroid dienone is 1. The fraction of sp³-hybridized carbons (Fsp3) is 0.542. The summed E-state index contributed by atoms with van der Waals surface area (Å²) in [6, 6.07) is 6.42. The normalized spacial score (nSPS) is 21.4. The van der Waals surface area contributed by atoms with Gasteiger partial charge in [0.2, 0.25) is 11.8 Å². The average Bonchev–Trinajstić information content (AvgIpc) is 3.16. The van der Waals surface area contributed by atoms with E-state index in [2.05, 4.69) is 42.4 Å². The largest absolute Gasteiger partial charge is 0.421 e. The second-order valence-electron chi connectivity index (χ2n) is 9.14. The maximum Gasteiger partial charge on any atom is 0.250 e. The minimum absolute atomic E-state index is 0.0483. The number of likely N-dealkylation sites (N-methyl/N-ethyl adjacent to an activating group) is 1. The number of amides is 1. The standard InChI is InChI=1S/C24H33FN4O2/c1-15(2)20-11-17(16(3)10-18(20)13-26-22(30)14-29(4)5)12-23-27-28-24(31-23)19-8-6-7-9-21(19)25/h6-10,15,17-18,20H,11-14H2,1-5H3,(H,26,30)/t17-,18-,20-/m0/s1. The summed E-state index contributed by atoms with van der Waals surface area (Å²) in [7, 11) is 3.78. The van der Waals surface area contributed by atoms with Crippen LogP contribution in [0, 0.1) is 29.5 Å². The number of rotatable bonds is 8. The van der Waals surface area contributed by atoms with Gasteiger partial charge in [-0.05, 0) is 63.2 Å². The van der Waals surface area contributed by atoms with Crippen molar-refractivity contribution in [3.63, 3.8) is 0 Å². The van der Waals surface area contributed by atoms with E-state index in [4.69, 9.17) is 4.42 Å². The minimum atomic E-state index is -0.370. The molecule has 1 heterocycles. The van der Waals surface area contributed by atoms with Crippen LogP contribution in [0.25, 0.3) is 11.5 Å². The first-order chi connectivity index (χ1) is 14.7. The van der Waals surface area contributed by atoms with Gasteiger partial charge in [-0.15, -0.1) is 10.2 Å². The zero-order chi connectivity index (χ0) is 22.5. The molecule has 1 aromatic heterocycles. The lowest BCUT2D eigenvalue weighted by Gasteiger charge is -2.37. The van der Waals surface area contributed by atoms with Gasteiger partial charge in [0.25, 0.3) is 5.89 Å². The van der Waals surface area contributed by atoms with E-state index in [1.807, 2.05) is 19.0 Å². The van der Waals surface area contributed by atoms with Gasteiger partial charge in [-0.1, -0.05) is 37.6 Å². The van der Waals surface area contributed by atoms with E-state index in [0.29, 0.717) is 48.7 Å². The number of hydrogen-bond donors (Lipinski definition) is 1. The molecule has 3 atom stereocenters. The van der Waals surface area contributed by atoms with Crippen LogP contribution in [0.2, 0.25) is 0 Å². The molecule has 0 bridgehead atoms. The molecular weight excluding hydrogens is 395 g/mol. The van der Waals surface area contributed by atoms with Crippen LogP contribution < -0.4 is 5.32 Å². The van der Waals surface area contributed by atoms with Crippen LogP contribution in [-0.4, -0.2) is 48.2 Å². The van der Waals surface area contributed by atoms with Crippen molar-refractivity contribution in [2.75, 3.05) is 27.2 Å². The third-order valence-corrected chi connectivity index (χ3v) is 6.07. The molecule has 0 radical (unpaired) electrons. The Kier molecular flexibility index (Phi) is 7.59. The molecule has 0 unspecified atom stereocenters. The zero-order valence-electron chi connectivity index (χ0n) is 19.1. The predicted octanol–water partition coefficient (Wildman–Crippen LogP) is 3.95. The van der Waals surface area contributed by atoms with Crippen LogP contribution >= 0.6 is 0 Å². The van der Waals surface area contributed by atoms with Gasteiger partial charge in [-0.2, -0.15) is 0 Å². The summed E-state index contributed by atoms with van der Waals surface area (Å²) in [5.41, 5.74) is 1.60. The molecule has 0 fully saturated rings. The van der Waals surface area contributed by atoms with E-state index < -0.39 is 0 Å². The Labute approximate surface area is 183 Å². The van der Waals surface area contributed by atoms with E-state index in [1.54, 1.807) is 18.2 Å². The average molecular weight is 429 g/mol. The highest BCUT2D eigenvalue weighted by molar-refractivity contribution is 5.77. The summed E-state index contributed by atoms with van der Waals surface area (Å²) in [6.45, 7) is 7.63. The van der Waals surface area contributed by atoms with Crippen LogP contribution in [0.1, 0.15) is 33.1 Å². The molecule has 0 saturated heterocycles. The lowest BCUT2D eigenvalue weighted by molar-refractivity contribution is -0.121. The van der Waals surface area contributed by atoms with Gasteiger partial charge in [-0.3, -0.25) is 4.79 Å². The summed E-state index contributed by atoms with van der Waals surface area (Å²) >= 11 is 0. The van der Waals surface area contributed by atoms with Gasteiger partial charge in [0, 0.05) is 13.0 Å². The molecule has 1 N–H and O–H groups in total. The lowest BCUT2D eigenvalue weighted by atomic mass is 9.70. The summed E-state index contributed by atoms with van der Waals surface area (Å²) in [5.74, 6) is 1.94. The van der Waals surface area contributed by atoms with Crippen LogP contribution in [0.3, 0.4) is 0 Å². The number of nitrogens with one attached hydrogen (secondary N) is 1. The van der Waals surface area contributed by atoms with Gasteiger partial charge in [-0.25, -0.2) is 4.39 Å². The molecule has 3 rings (SSSR count). The number of carbonyl (C=O) groups excluding carboxylic acids is 1. The Hall–Kier alpha value is -2.54. The van der Waals surface area contributed by atoms with Crippen LogP contribution in [-0.2, 0) is 11.2 Å². The Morgan fingerprint density at radius 1 is 1.29 bits per heavy atom. The van der Waals surface area contributed by atoms with Crippen molar-refractivity contribution in [2.45, 2.75) is 33.6 Å². The van der Waals surface area contributed by atoms with Crippen molar-refractivity contribution in [2.24, 2.45) is 23.7 Å². The molecule has 168 valence electrons. The van der Waals surface area contributed by atoms with E-state index >= 15 is 0 Å². The van der Waals surface area contributed by atoms with Gasteiger partial charge in [0.05, 0.1) is 12.1 Å². The highest BCUT2D eigenvalue weighted by atomic mass is 19.1. The highest BCUT2D eigenvalue weighted by Gasteiger charge is 2.32. The van der Waals surface area contributed by atoms with E-state index in [1.165, 1.54) is 11.6 Å². The van der Waals surface area contributed by atoms with Crippen LogP contribution in [0.4, 0.5) is 4.39 Å². The first-order valence-electron chi connectivity index (χ1n) is 10.9. The minimum Gasteiger partial charge on any atom is -0.421 e. The van der Waals surface area contributed by atoms with Crippen LogP contribution in [0.5, 0.6) is 0 Å². The van der Waals surface area contributed by atoms with Gasteiger partial charge in [0.1, 0.15) is 5.82 Å². The van der Waals surface area contributed by atoms with E-state index in [-0.39, 0.29) is 23.5 Å². The molecule has 1 aliphatic carbocycles. The number of halogens is 1. The Morgan fingerprint density at radius 3 is 2.71 bits per heavy atom. The molecule has 0 aliphatic heterocycles. The SMILES string of the molecule is CC1=C[C@@H](CNC(=O)CN(C)C)[C@H](C(C)C)C[C@H]1Cc1nnc(-c2ccccc2F)o1. The topological polar surface area (TPSA) is 71.3 Å². The van der Waals surface area contributed by atoms with Crippen molar-refractivity contribution in [3.8, 4) is 11.5 Å². The Morgan fingerprint density at radius 2 is 2.03 bits per heavy atom. The second-order valence-corrected chi connectivity index (χ2v) is 9.14. The molecule has 1 aliphatic rings. The van der Waals surface area contributed by atoms with Crippen molar-refractivity contribution in [1.82, 2.24) is 20.4 Å².